The summed E-state index contributed by atoms with van der Waals surface area (Å²) in [7, 11) is 0. The monoisotopic (exact) mass is 416 g/mol. The Morgan fingerprint density at radius 3 is 2.52 bits per heavy atom. The van der Waals surface area contributed by atoms with Crippen molar-refractivity contribution in [3.63, 3.8) is 0 Å². The Morgan fingerprint density at radius 1 is 1.00 bits per heavy atom. The Morgan fingerprint density at radius 2 is 1.77 bits per heavy atom. The van der Waals surface area contributed by atoms with Gasteiger partial charge in [0.15, 0.2) is 0 Å². The molecule has 3 aromatic rings. The molecular weight excluding hydrogens is 388 g/mol. The number of hydrogen-bond acceptors (Lipinski definition) is 4. The molecule has 0 bridgehead atoms. The third-order valence-corrected chi connectivity index (χ3v) is 5.95. The van der Waals surface area contributed by atoms with Gasteiger partial charge in [-0.3, -0.25) is 0 Å². The van der Waals surface area contributed by atoms with Crippen LogP contribution >= 0.6 is 0 Å². The van der Waals surface area contributed by atoms with Crippen molar-refractivity contribution in [2.45, 2.75) is 38.2 Å². The molecule has 1 aliphatic carbocycles. The van der Waals surface area contributed by atoms with Gasteiger partial charge in [-0.25, -0.2) is 4.79 Å². The van der Waals surface area contributed by atoms with E-state index in [1.807, 2.05) is 6.07 Å². The lowest BCUT2D eigenvalue weighted by Crippen LogP contribution is -2.20. The van der Waals surface area contributed by atoms with Gasteiger partial charge < -0.3 is 14.6 Å². The van der Waals surface area contributed by atoms with Crippen LogP contribution in [0.15, 0.2) is 72.8 Å². The van der Waals surface area contributed by atoms with E-state index in [-0.39, 0.29) is 18.5 Å². The topological polar surface area (TPSA) is 55.8 Å². The lowest BCUT2D eigenvalue weighted by Gasteiger charge is -2.35. The number of hydrogen-bond donors (Lipinski definition) is 1. The molecule has 4 heteroatoms. The number of phenols is 1. The van der Waals surface area contributed by atoms with Crippen LogP contribution in [0.5, 0.6) is 5.75 Å². The summed E-state index contributed by atoms with van der Waals surface area (Å²) in [5, 5.41) is 9.97. The Kier molecular flexibility index (Phi) is 6.68. The normalized spacial score (nSPS) is 17.7. The molecule has 1 aliphatic rings. The van der Waals surface area contributed by atoms with Crippen molar-refractivity contribution in [3.8, 4) is 5.75 Å². The predicted molar refractivity (Wildman–Crippen MR) is 120 cm³/mol. The van der Waals surface area contributed by atoms with Gasteiger partial charge in [0.2, 0.25) is 0 Å². The molecule has 0 aliphatic heterocycles. The van der Waals surface area contributed by atoms with E-state index in [9.17, 15) is 9.90 Å². The highest BCUT2D eigenvalue weighted by molar-refractivity contribution is 5.70. The highest BCUT2D eigenvalue weighted by Gasteiger charge is 2.32. The summed E-state index contributed by atoms with van der Waals surface area (Å²) < 4.78 is 10.4. The Bertz CT molecular complexity index is 1010. The molecular formula is C27H28O4. The molecule has 1 unspecified atom stereocenters. The van der Waals surface area contributed by atoms with Crippen LogP contribution in [0.1, 0.15) is 53.0 Å². The molecule has 3 aromatic carbocycles. The van der Waals surface area contributed by atoms with Crippen LogP contribution < -0.4 is 0 Å². The second-order valence-electron chi connectivity index (χ2n) is 7.96. The molecule has 0 spiro atoms. The van der Waals surface area contributed by atoms with Crippen LogP contribution in [-0.2, 0) is 27.3 Å². The average Bonchev–Trinajstić information content (AvgIpc) is 2.79. The lowest BCUT2D eigenvalue weighted by molar-refractivity contribution is -0.148. The summed E-state index contributed by atoms with van der Waals surface area (Å²) in [6.07, 6.45) is 2.00. The first-order chi connectivity index (χ1) is 15.2. The van der Waals surface area contributed by atoms with Crippen LogP contribution in [0, 0.1) is 0 Å². The van der Waals surface area contributed by atoms with Crippen LogP contribution in [0.3, 0.4) is 0 Å². The first-order valence-electron chi connectivity index (χ1n) is 10.8. The molecule has 2 atom stereocenters. The minimum atomic E-state index is -0.341. The van der Waals surface area contributed by atoms with Crippen LogP contribution in [0.4, 0.5) is 0 Å². The molecule has 31 heavy (non-hydrogen) atoms. The van der Waals surface area contributed by atoms with E-state index in [1.165, 1.54) is 22.3 Å². The minimum Gasteiger partial charge on any atom is -0.508 e. The van der Waals surface area contributed by atoms with Gasteiger partial charge in [-0.15, -0.1) is 0 Å². The number of esters is 1. The summed E-state index contributed by atoms with van der Waals surface area (Å²) in [5.74, 6) is 0.585. The van der Waals surface area contributed by atoms with E-state index in [2.05, 4.69) is 60.7 Å². The number of fused-ring (bicyclic) bond motifs is 1. The second kappa shape index (κ2) is 9.80. The Balaban J connectivity index is 1.58. The van der Waals surface area contributed by atoms with E-state index in [0.29, 0.717) is 24.9 Å². The van der Waals surface area contributed by atoms with E-state index < -0.39 is 0 Å². The number of carbonyl (C=O) groups excluding carboxylic acids is 1. The maximum absolute atomic E-state index is 11.4. The fourth-order valence-electron chi connectivity index (χ4n) is 4.55. The summed E-state index contributed by atoms with van der Waals surface area (Å²) in [6.45, 7) is 2.48. The zero-order valence-corrected chi connectivity index (χ0v) is 17.8. The number of ether oxygens (including phenoxy) is 2. The minimum absolute atomic E-state index is 0.0365. The van der Waals surface area contributed by atoms with Gasteiger partial charge in [-0.1, -0.05) is 60.7 Å². The molecule has 4 nitrogen and oxygen atoms in total. The van der Waals surface area contributed by atoms with Crippen molar-refractivity contribution in [2.24, 2.45) is 0 Å². The van der Waals surface area contributed by atoms with E-state index in [0.717, 1.165) is 18.4 Å². The smallest absolute Gasteiger partial charge is 0.332 e. The quantitative estimate of drug-likeness (QED) is 0.529. The van der Waals surface area contributed by atoms with Crippen molar-refractivity contribution in [1.29, 1.82) is 0 Å². The number of carbonyl (C=O) groups is 1. The molecule has 0 amide bonds. The first kappa shape index (κ1) is 21.1. The number of aryl methyl sites for hydroxylation is 1. The van der Waals surface area contributed by atoms with Crippen molar-refractivity contribution < 1.29 is 19.4 Å². The van der Waals surface area contributed by atoms with E-state index in [4.69, 9.17) is 9.47 Å². The van der Waals surface area contributed by atoms with Crippen LogP contribution in [-0.4, -0.2) is 24.3 Å². The highest BCUT2D eigenvalue weighted by Crippen LogP contribution is 2.46. The van der Waals surface area contributed by atoms with Gasteiger partial charge in [-0.05, 0) is 65.6 Å². The SMILES string of the molecule is CCOC(=O)COCc1ccc(C2c3ccc(O)cc3CC[C@@H]2c2ccccc2)cc1. The van der Waals surface area contributed by atoms with Crippen LogP contribution in [0.25, 0.3) is 0 Å². The number of rotatable bonds is 7. The van der Waals surface area contributed by atoms with Crippen molar-refractivity contribution in [2.75, 3.05) is 13.2 Å². The molecule has 1 N–H and O–H groups in total. The zero-order chi connectivity index (χ0) is 21.6. The maximum atomic E-state index is 11.4. The molecule has 160 valence electrons. The van der Waals surface area contributed by atoms with E-state index in [1.54, 1.807) is 13.0 Å². The van der Waals surface area contributed by atoms with Crippen molar-refractivity contribution in [1.82, 2.24) is 0 Å². The molecule has 4 rings (SSSR count). The van der Waals surface area contributed by atoms with Gasteiger partial charge in [0.1, 0.15) is 12.4 Å². The number of benzene rings is 3. The molecule has 0 saturated carbocycles. The molecule has 0 aromatic heterocycles. The second-order valence-corrected chi connectivity index (χ2v) is 7.96. The third kappa shape index (κ3) is 4.97. The van der Waals surface area contributed by atoms with Gasteiger partial charge in [-0.2, -0.15) is 0 Å². The van der Waals surface area contributed by atoms with E-state index >= 15 is 0 Å². The zero-order valence-electron chi connectivity index (χ0n) is 17.8. The molecule has 0 heterocycles. The molecule has 0 fully saturated rings. The fraction of sp³-hybridized carbons (Fsp3) is 0.296. The fourth-order valence-corrected chi connectivity index (χ4v) is 4.55. The van der Waals surface area contributed by atoms with Gasteiger partial charge in [0.05, 0.1) is 13.2 Å². The highest BCUT2D eigenvalue weighted by atomic mass is 16.6. The van der Waals surface area contributed by atoms with Gasteiger partial charge in [0, 0.05) is 5.92 Å². The van der Waals surface area contributed by atoms with Crippen molar-refractivity contribution >= 4 is 5.97 Å². The number of phenolic OH excluding ortho intramolecular Hbond substituents is 1. The van der Waals surface area contributed by atoms with Crippen molar-refractivity contribution in [3.05, 3.63) is 101 Å². The average molecular weight is 417 g/mol. The molecule has 0 radical (unpaired) electrons. The van der Waals surface area contributed by atoms with Crippen LogP contribution in [0.2, 0.25) is 0 Å². The summed E-state index contributed by atoms with van der Waals surface area (Å²) in [5.41, 5.74) is 6.11. The summed E-state index contributed by atoms with van der Waals surface area (Å²) >= 11 is 0. The lowest BCUT2D eigenvalue weighted by atomic mass is 9.69. The standard InChI is InChI=1S/C27H28O4/c1-2-31-26(29)18-30-17-19-8-10-21(11-9-19)27-24(20-6-4-3-5-7-20)14-12-22-16-23(28)13-15-25(22)27/h3-11,13,15-16,24,27-28H,2,12,14,17-18H2,1H3/t24-,27?/m1/s1. The Hall–Kier alpha value is -3.11. The van der Waals surface area contributed by atoms with Gasteiger partial charge in [0.25, 0.3) is 0 Å². The van der Waals surface area contributed by atoms with Gasteiger partial charge >= 0.3 is 5.97 Å². The summed E-state index contributed by atoms with van der Waals surface area (Å²) in [4.78, 5) is 11.4. The summed E-state index contributed by atoms with van der Waals surface area (Å²) in [6, 6.07) is 24.9. The number of aromatic hydroxyl groups is 1. The predicted octanol–water partition coefficient (Wildman–Crippen LogP) is 5.33. The maximum Gasteiger partial charge on any atom is 0.332 e. The largest absolute Gasteiger partial charge is 0.508 e. The Labute approximate surface area is 183 Å². The first-order valence-corrected chi connectivity index (χ1v) is 10.8. The third-order valence-electron chi connectivity index (χ3n) is 5.95. The molecule has 0 saturated heterocycles.